The van der Waals surface area contributed by atoms with E-state index in [2.05, 4.69) is 20.7 Å². The van der Waals surface area contributed by atoms with Crippen molar-refractivity contribution in [2.75, 3.05) is 4.72 Å². The molecule has 0 aliphatic heterocycles. The Morgan fingerprint density at radius 1 is 0.810 bits per heavy atom. The topological polar surface area (TPSA) is 101 Å². The van der Waals surface area contributed by atoms with E-state index in [1.807, 2.05) is 0 Å². The average molecular weight is 392 g/mol. The highest BCUT2D eigenvalue weighted by Gasteiger charge is 2.15. The van der Waals surface area contributed by atoms with Crippen molar-refractivity contribution in [2.45, 2.75) is 9.79 Å². The maximum absolute atomic E-state index is 12.1. The van der Waals surface area contributed by atoms with Gasteiger partial charge < -0.3 is 0 Å². The van der Waals surface area contributed by atoms with Crippen molar-refractivity contribution in [3.8, 4) is 0 Å². The summed E-state index contributed by atoms with van der Waals surface area (Å²) < 4.78 is 57.9. The minimum atomic E-state index is -4.30. The van der Waals surface area contributed by atoms with Crippen LogP contribution in [0.25, 0.3) is 0 Å². The predicted molar refractivity (Wildman–Crippen MR) is 81.2 cm³/mol. The molecule has 2 aromatic carbocycles. The molecule has 0 spiro atoms. The Morgan fingerprint density at radius 2 is 1.29 bits per heavy atom. The van der Waals surface area contributed by atoms with Crippen molar-refractivity contribution in [3.63, 3.8) is 0 Å². The molecule has 0 amide bonds. The fourth-order valence-corrected chi connectivity index (χ4v) is 3.33. The summed E-state index contributed by atoms with van der Waals surface area (Å²) in [6, 6.07) is 10.8. The second kappa shape index (κ2) is 5.76. The van der Waals surface area contributed by atoms with Crippen LogP contribution in [0.2, 0.25) is 0 Å². The van der Waals surface area contributed by atoms with E-state index in [4.69, 9.17) is 4.55 Å². The Hall–Kier alpha value is -1.42. The van der Waals surface area contributed by atoms with Crippen LogP contribution in [0.3, 0.4) is 0 Å². The van der Waals surface area contributed by atoms with Gasteiger partial charge in [0.25, 0.3) is 20.1 Å². The largest absolute Gasteiger partial charge is 0.294 e. The molecule has 0 saturated carbocycles. The van der Waals surface area contributed by atoms with Gasteiger partial charge in [0.1, 0.15) is 0 Å². The molecule has 0 radical (unpaired) electrons. The van der Waals surface area contributed by atoms with Gasteiger partial charge in [-0.15, -0.1) is 0 Å². The van der Waals surface area contributed by atoms with Crippen molar-refractivity contribution >= 4 is 41.8 Å². The number of hydrogen-bond donors (Lipinski definition) is 2. The highest BCUT2D eigenvalue weighted by Crippen LogP contribution is 2.19. The molecule has 0 aliphatic carbocycles. The molecule has 0 heterocycles. The molecule has 0 bridgehead atoms. The molecule has 2 N–H and O–H groups in total. The summed E-state index contributed by atoms with van der Waals surface area (Å²) in [6.07, 6.45) is 0. The van der Waals surface area contributed by atoms with E-state index in [-0.39, 0.29) is 15.5 Å². The number of halogens is 1. The number of hydrogen-bond acceptors (Lipinski definition) is 4. The lowest BCUT2D eigenvalue weighted by Crippen LogP contribution is -2.12. The molecular weight excluding hydrogens is 382 g/mol. The number of nitrogens with one attached hydrogen (secondary N) is 1. The third-order valence-electron chi connectivity index (χ3n) is 2.53. The quantitative estimate of drug-likeness (QED) is 0.779. The van der Waals surface area contributed by atoms with E-state index in [1.165, 1.54) is 24.3 Å². The summed E-state index contributed by atoms with van der Waals surface area (Å²) in [6.45, 7) is 0. The fraction of sp³-hybridized carbons (Fsp3) is 0. The standard InChI is InChI=1S/C12H10BrNO5S2/c13-9-1-5-11(6-2-9)20(15,16)14-10-3-7-12(8-4-10)21(17,18)19/h1-8,14H,(H,17,18,19). The molecule has 112 valence electrons. The Bertz CT molecular complexity index is 844. The molecule has 0 saturated heterocycles. The van der Waals surface area contributed by atoms with Crippen LogP contribution in [0, 0.1) is 0 Å². The molecule has 21 heavy (non-hydrogen) atoms. The Kier molecular flexibility index (Phi) is 4.38. The lowest BCUT2D eigenvalue weighted by Gasteiger charge is -2.08. The van der Waals surface area contributed by atoms with Gasteiger partial charge in [-0.3, -0.25) is 9.27 Å². The second-order valence-corrected chi connectivity index (χ2v) is 8.08. The first-order chi connectivity index (χ1) is 9.68. The van der Waals surface area contributed by atoms with Gasteiger partial charge in [-0.25, -0.2) is 8.42 Å². The van der Waals surface area contributed by atoms with Crippen LogP contribution in [0.4, 0.5) is 5.69 Å². The highest BCUT2D eigenvalue weighted by atomic mass is 79.9. The lowest BCUT2D eigenvalue weighted by atomic mass is 10.3. The summed E-state index contributed by atoms with van der Waals surface area (Å²) in [4.78, 5) is -0.237. The zero-order valence-electron chi connectivity index (χ0n) is 10.4. The maximum Gasteiger partial charge on any atom is 0.294 e. The number of sulfonamides is 1. The predicted octanol–water partition coefficient (Wildman–Crippen LogP) is 2.50. The number of anilines is 1. The third-order valence-corrected chi connectivity index (χ3v) is 5.32. The van der Waals surface area contributed by atoms with E-state index in [0.29, 0.717) is 0 Å². The van der Waals surface area contributed by atoms with Crippen LogP contribution in [-0.4, -0.2) is 21.4 Å². The second-order valence-electron chi connectivity index (χ2n) is 4.06. The van der Waals surface area contributed by atoms with Crippen LogP contribution < -0.4 is 4.72 Å². The van der Waals surface area contributed by atoms with Crippen molar-refractivity contribution in [2.24, 2.45) is 0 Å². The van der Waals surface area contributed by atoms with Gasteiger partial charge in [0.15, 0.2) is 0 Å². The van der Waals surface area contributed by atoms with Gasteiger partial charge in [-0.1, -0.05) is 15.9 Å². The smallest absolute Gasteiger partial charge is 0.282 e. The SMILES string of the molecule is O=S(=O)(O)c1ccc(NS(=O)(=O)c2ccc(Br)cc2)cc1. The first kappa shape index (κ1) is 16.0. The van der Waals surface area contributed by atoms with Gasteiger partial charge in [-0.2, -0.15) is 8.42 Å². The third kappa shape index (κ3) is 4.03. The van der Waals surface area contributed by atoms with Gasteiger partial charge in [0.05, 0.1) is 9.79 Å². The van der Waals surface area contributed by atoms with Gasteiger partial charge in [-0.05, 0) is 48.5 Å². The van der Waals surface area contributed by atoms with Crippen molar-refractivity contribution in [3.05, 3.63) is 53.0 Å². The molecule has 0 atom stereocenters. The maximum atomic E-state index is 12.1. The van der Waals surface area contributed by atoms with Gasteiger partial charge in [0.2, 0.25) is 0 Å². The first-order valence-corrected chi connectivity index (χ1v) is 9.26. The minimum absolute atomic E-state index is 0.0737. The zero-order chi connectivity index (χ0) is 15.7. The van der Waals surface area contributed by atoms with Crippen LogP contribution >= 0.6 is 15.9 Å². The Morgan fingerprint density at radius 3 is 1.76 bits per heavy atom. The van der Waals surface area contributed by atoms with E-state index in [9.17, 15) is 16.8 Å². The summed E-state index contributed by atoms with van der Waals surface area (Å²) in [7, 11) is -8.06. The number of benzene rings is 2. The average Bonchev–Trinajstić information content (AvgIpc) is 2.38. The molecular formula is C12H10BrNO5S2. The van der Waals surface area contributed by atoms with Crippen molar-refractivity contribution in [1.29, 1.82) is 0 Å². The molecule has 2 rings (SSSR count). The summed E-state index contributed by atoms with van der Waals surface area (Å²) in [5.41, 5.74) is 0.185. The first-order valence-electron chi connectivity index (χ1n) is 5.54. The van der Waals surface area contributed by atoms with Crippen LogP contribution in [0.5, 0.6) is 0 Å². The zero-order valence-corrected chi connectivity index (χ0v) is 13.6. The van der Waals surface area contributed by atoms with Crippen LogP contribution in [-0.2, 0) is 20.1 Å². The van der Waals surface area contributed by atoms with E-state index in [0.717, 1.165) is 16.6 Å². The van der Waals surface area contributed by atoms with Crippen LogP contribution in [0.15, 0.2) is 62.8 Å². The lowest BCUT2D eigenvalue weighted by molar-refractivity contribution is 0.483. The van der Waals surface area contributed by atoms with Crippen LogP contribution in [0.1, 0.15) is 0 Å². The summed E-state index contributed by atoms with van der Waals surface area (Å²) in [5, 5.41) is 0. The van der Waals surface area contributed by atoms with E-state index < -0.39 is 20.1 Å². The fourth-order valence-electron chi connectivity index (χ4n) is 1.52. The highest BCUT2D eigenvalue weighted by molar-refractivity contribution is 9.10. The summed E-state index contributed by atoms with van der Waals surface area (Å²) >= 11 is 3.21. The number of rotatable bonds is 4. The molecule has 6 nitrogen and oxygen atoms in total. The monoisotopic (exact) mass is 391 g/mol. The molecule has 2 aromatic rings. The minimum Gasteiger partial charge on any atom is -0.282 e. The van der Waals surface area contributed by atoms with E-state index >= 15 is 0 Å². The molecule has 0 aliphatic rings. The van der Waals surface area contributed by atoms with Gasteiger partial charge in [0, 0.05) is 10.2 Å². The molecule has 9 heteroatoms. The van der Waals surface area contributed by atoms with Gasteiger partial charge >= 0.3 is 0 Å². The Labute approximate surface area is 130 Å². The van der Waals surface area contributed by atoms with E-state index in [1.54, 1.807) is 12.1 Å². The van der Waals surface area contributed by atoms with Crippen molar-refractivity contribution < 1.29 is 21.4 Å². The molecule has 0 unspecified atom stereocenters. The molecule has 0 fully saturated rings. The normalized spacial score (nSPS) is 12.1. The summed E-state index contributed by atoms with van der Waals surface area (Å²) in [5.74, 6) is 0. The van der Waals surface area contributed by atoms with Crippen molar-refractivity contribution in [1.82, 2.24) is 0 Å². The molecule has 0 aromatic heterocycles. The Balaban J connectivity index is 2.27.